The fourth-order valence-corrected chi connectivity index (χ4v) is 3.70. The van der Waals surface area contributed by atoms with E-state index >= 15 is 0 Å². The van der Waals surface area contributed by atoms with E-state index in [4.69, 9.17) is 4.74 Å². The first-order valence-electron chi connectivity index (χ1n) is 10.7. The molecule has 0 radical (unpaired) electrons. The van der Waals surface area contributed by atoms with Gasteiger partial charge in [0.05, 0.1) is 17.6 Å². The predicted octanol–water partition coefficient (Wildman–Crippen LogP) is 2.91. The Hall–Kier alpha value is -2.83. The number of hydrogen-bond donors (Lipinski definition) is 2. The molecule has 1 saturated carbocycles. The van der Waals surface area contributed by atoms with Crippen LogP contribution in [0.1, 0.15) is 24.0 Å². The van der Waals surface area contributed by atoms with E-state index in [1.807, 2.05) is 0 Å². The van der Waals surface area contributed by atoms with Crippen LogP contribution in [0.3, 0.4) is 0 Å². The van der Waals surface area contributed by atoms with E-state index in [0.717, 1.165) is 12.1 Å². The molecule has 2 fully saturated rings. The van der Waals surface area contributed by atoms with Crippen molar-refractivity contribution in [1.82, 2.24) is 9.80 Å². The Morgan fingerprint density at radius 1 is 1.08 bits per heavy atom. The number of carbonyl (C=O) groups is 1. The molecule has 36 heavy (non-hydrogen) atoms. The molecule has 200 valence electrons. The van der Waals surface area contributed by atoms with E-state index in [1.54, 1.807) is 11.0 Å². The standard InChI is InChI=1S/C21H22F7N3O5/c22-14-7-12(9-29)15(35-11-19(1-2-19)17(32)33)13(8-14)10-30-3-5-31(6-4-30)18(34)36-16(20(23,24)25)21(26,27)28/h7-8,16-17,32-33H,1-6,10-11H2. The third-order valence-corrected chi connectivity index (χ3v) is 6.03. The highest BCUT2D eigenvalue weighted by Gasteiger charge is 2.60. The Morgan fingerprint density at radius 2 is 1.67 bits per heavy atom. The van der Waals surface area contributed by atoms with Crippen LogP contribution in [0.4, 0.5) is 35.5 Å². The molecule has 15 heteroatoms. The van der Waals surface area contributed by atoms with Gasteiger partial charge in [0.2, 0.25) is 0 Å². The number of halogens is 7. The average molecular weight is 529 g/mol. The van der Waals surface area contributed by atoms with Crippen LogP contribution in [-0.4, -0.2) is 83.6 Å². The fourth-order valence-electron chi connectivity index (χ4n) is 3.70. The molecule has 2 N–H and O–H groups in total. The summed E-state index contributed by atoms with van der Waals surface area (Å²) in [6.45, 7) is -0.705. The Balaban J connectivity index is 1.65. The van der Waals surface area contributed by atoms with Crippen molar-refractivity contribution in [3.8, 4) is 11.8 Å². The second-order valence-corrected chi connectivity index (χ2v) is 8.69. The molecular weight excluding hydrogens is 507 g/mol. The van der Waals surface area contributed by atoms with Crippen molar-refractivity contribution in [3.63, 3.8) is 0 Å². The number of piperazine rings is 1. The van der Waals surface area contributed by atoms with Crippen molar-refractivity contribution in [2.45, 2.75) is 44.1 Å². The number of aliphatic hydroxyl groups excluding tert-OH is 1. The molecular formula is C21H22F7N3O5. The van der Waals surface area contributed by atoms with Gasteiger partial charge in [-0.1, -0.05) is 0 Å². The number of amides is 1. The van der Waals surface area contributed by atoms with Crippen molar-refractivity contribution >= 4 is 6.09 Å². The van der Waals surface area contributed by atoms with Crippen LogP contribution in [-0.2, 0) is 11.3 Å². The molecule has 8 nitrogen and oxygen atoms in total. The number of nitrogens with zero attached hydrogens (tertiary/aromatic N) is 3. The van der Waals surface area contributed by atoms with Gasteiger partial charge in [0.1, 0.15) is 17.6 Å². The van der Waals surface area contributed by atoms with Gasteiger partial charge in [0, 0.05) is 38.3 Å². The highest BCUT2D eigenvalue weighted by Crippen LogP contribution is 2.48. The first kappa shape index (κ1) is 27.8. The largest absolute Gasteiger partial charge is 0.491 e. The summed E-state index contributed by atoms with van der Waals surface area (Å²) in [5.74, 6) is -0.726. The molecule has 1 aromatic rings. The van der Waals surface area contributed by atoms with Crippen molar-refractivity contribution < 1.29 is 55.2 Å². The van der Waals surface area contributed by atoms with E-state index in [1.165, 1.54) is 0 Å². The van der Waals surface area contributed by atoms with Crippen molar-refractivity contribution in [3.05, 3.63) is 29.1 Å². The lowest BCUT2D eigenvalue weighted by atomic mass is 10.1. The van der Waals surface area contributed by atoms with E-state index in [0.29, 0.717) is 17.7 Å². The second kappa shape index (κ2) is 10.3. The van der Waals surface area contributed by atoms with Crippen LogP contribution >= 0.6 is 0 Å². The summed E-state index contributed by atoms with van der Waals surface area (Å²) in [5, 5.41) is 28.4. The van der Waals surface area contributed by atoms with Gasteiger partial charge in [-0.2, -0.15) is 31.6 Å². The second-order valence-electron chi connectivity index (χ2n) is 8.69. The Bertz CT molecular complexity index is 983. The van der Waals surface area contributed by atoms with E-state index in [9.17, 15) is 51.0 Å². The number of carbonyl (C=O) groups excluding carboxylic acids is 1. The minimum Gasteiger partial charge on any atom is -0.491 e. The molecule has 1 aliphatic heterocycles. The number of ether oxygens (including phenoxy) is 2. The molecule has 1 aliphatic carbocycles. The van der Waals surface area contributed by atoms with Gasteiger partial charge < -0.3 is 24.6 Å². The van der Waals surface area contributed by atoms with Gasteiger partial charge in [-0.05, 0) is 25.0 Å². The summed E-state index contributed by atoms with van der Waals surface area (Å²) in [6, 6.07) is 3.85. The molecule has 1 heterocycles. The summed E-state index contributed by atoms with van der Waals surface area (Å²) in [4.78, 5) is 14.3. The van der Waals surface area contributed by atoms with Crippen molar-refractivity contribution in [1.29, 1.82) is 5.26 Å². The minimum absolute atomic E-state index is 0.00503. The fraction of sp³-hybridized carbons (Fsp3) is 0.619. The van der Waals surface area contributed by atoms with Gasteiger partial charge in [0.25, 0.3) is 6.10 Å². The molecule has 2 aliphatic rings. The summed E-state index contributed by atoms with van der Waals surface area (Å²) >= 11 is 0. The topological polar surface area (TPSA) is 106 Å². The third-order valence-electron chi connectivity index (χ3n) is 6.03. The van der Waals surface area contributed by atoms with Crippen molar-refractivity contribution in [2.24, 2.45) is 5.41 Å². The molecule has 0 unspecified atom stereocenters. The van der Waals surface area contributed by atoms with Gasteiger partial charge in [-0.25, -0.2) is 9.18 Å². The first-order valence-corrected chi connectivity index (χ1v) is 10.7. The number of alkyl halides is 6. The predicted molar refractivity (Wildman–Crippen MR) is 106 cm³/mol. The number of aliphatic hydroxyl groups is 2. The smallest absolute Gasteiger partial charge is 0.434 e. The lowest BCUT2D eigenvalue weighted by Gasteiger charge is -2.35. The monoisotopic (exact) mass is 529 g/mol. The molecule has 0 spiro atoms. The highest BCUT2D eigenvalue weighted by atomic mass is 19.4. The van der Waals surface area contributed by atoms with Gasteiger partial charge in [-0.3, -0.25) is 4.90 Å². The highest BCUT2D eigenvalue weighted by molar-refractivity contribution is 5.68. The quantitative estimate of drug-likeness (QED) is 0.413. The van der Waals surface area contributed by atoms with Gasteiger partial charge >= 0.3 is 18.4 Å². The summed E-state index contributed by atoms with van der Waals surface area (Å²) in [5.41, 5.74) is -0.810. The average Bonchev–Trinajstić information content (AvgIpc) is 3.56. The molecule has 3 rings (SSSR count). The maximum atomic E-state index is 14.1. The van der Waals surface area contributed by atoms with E-state index in [2.05, 4.69) is 4.74 Å². The van der Waals surface area contributed by atoms with Crippen LogP contribution in [0, 0.1) is 22.6 Å². The first-order chi connectivity index (χ1) is 16.7. The third kappa shape index (κ3) is 6.48. The SMILES string of the molecule is N#Cc1cc(F)cc(CN2CCN(C(=O)OC(C(F)(F)F)C(F)(F)F)CC2)c1OCC1(C(O)O)CC1. The van der Waals surface area contributed by atoms with Gasteiger partial charge in [-0.15, -0.1) is 0 Å². The lowest BCUT2D eigenvalue weighted by Crippen LogP contribution is -2.52. The molecule has 1 aromatic carbocycles. The maximum absolute atomic E-state index is 14.1. The van der Waals surface area contributed by atoms with E-state index < -0.39 is 42.1 Å². The van der Waals surface area contributed by atoms with E-state index in [-0.39, 0.29) is 56.2 Å². The zero-order valence-corrected chi connectivity index (χ0v) is 18.6. The molecule has 1 saturated heterocycles. The lowest BCUT2D eigenvalue weighted by molar-refractivity contribution is -0.308. The summed E-state index contributed by atoms with van der Waals surface area (Å²) < 4.78 is 99.3. The number of benzene rings is 1. The molecule has 0 bridgehead atoms. The van der Waals surface area contributed by atoms with Crippen LogP contribution in [0.15, 0.2) is 12.1 Å². The number of hydrogen-bond acceptors (Lipinski definition) is 7. The number of nitriles is 1. The van der Waals surface area contributed by atoms with Crippen LogP contribution in [0.25, 0.3) is 0 Å². The zero-order chi connectivity index (χ0) is 26.9. The minimum atomic E-state index is -5.83. The van der Waals surface area contributed by atoms with Crippen LogP contribution < -0.4 is 4.74 Å². The normalized spacial score (nSPS) is 18.3. The zero-order valence-electron chi connectivity index (χ0n) is 18.6. The molecule has 0 aromatic heterocycles. The maximum Gasteiger partial charge on any atom is 0.434 e. The Morgan fingerprint density at radius 3 is 2.14 bits per heavy atom. The summed E-state index contributed by atoms with van der Waals surface area (Å²) in [6.07, 6.45) is -18.4. The van der Waals surface area contributed by atoms with Crippen LogP contribution in [0.5, 0.6) is 5.75 Å². The molecule has 0 atom stereocenters. The van der Waals surface area contributed by atoms with Crippen molar-refractivity contribution in [2.75, 3.05) is 32.8 Å². The Kier molecular flexibility index (Phi) is 7.92. The molecule has 1 amide bonds. The van der Waals surface area contributed by atoms with Gasteiger partial charge in [0.15, 0.2) is 6.29 Å². The summed E-state index contributed by atoms with van der Waals surface area (Å²) in [7, 11) is 0. The van der Waals surface area contributed by atoms with Crippen LogP contribution in [0.2, 0.25) is 0 Å². The number of rotatable bonds is 7. The Labute approximate surface area is 200 Å².